The normalized spacial score (nSPS) is 13.6. The van der Waals surface area contributed by atoms with Gasteiger partial charge in [0.25, 0.3) is 0 Å². The van der Waals surface area contributed by atoms with Crippen molar-refractivity contribution in [3.8, 4) is 0 Å². The molecule has 29 heavy (non-hydrogen) atoms. The van der Waals surface area contributed by atoms with E-state index in [4.69, 9.17) is 9.16 Å². The monoisotopic (exact) mass is 407 g/mol. The van der Waals surface area contributed by atoms with Crippen molar-refractivity contribution in [1.29, 1.82) is 0 Å². The molecule has 0 N–H and O–H groups in total. The quantitative estimate of drug-likeness (QED) is 0.396. The molecule has 1 atom stereocenters. The van der Waals surface area contributed by atoms with Gasteiger partial charge in [0.15, 0.2) is 8.32 Å². The second-order valence-corrected chi connectivity index (χ2v) is 14.0. The molecule has 0 aliphatic rings. The molecule has 0 aliphatic carbocycles. The molecule has 154 valence electrons. The summed E-state index contributed by atoms with van der Waals surface area (Å²) in [6.45, 7) is 13.3. The van der Waals surface area contributed by atoms with Crippen molar-refractivity contribution in [2.24, 2.45) is 0 Å². The highest BCUT2D eigenvalue weighted by Gasteiger charge is 2.37. The molecule has 0 spiro atoms. The predicted octanol–water partition coefficient (Wildman–Crippen LogP) is 6.56. The van der Waals surface area contributed by atoms with E-state index in [1.165, 1.54) is 16.5 Å². The van der Waals surface area contributed by atoms with Crippen LogP contribution in [-0.4, -0.2) is 26.5 Å². The number of rotatable bonds is 8. The Morgan fingerprint density at radius 3 is 2.31 bits per heavy atom. The lowest BCUT2D eigenvalue weighted by molar-refractivity contribution is 0.0901. The van der Waals surface area contributed by atoms with Crippen LogP contribution in [0, 0.1) is 0 Å². The molecule has 1 aromatic heterocycles. The average Bonchev–Trinajstić information content (AvgIpc) is 2.70. The molecule has 1 heterocycles. The SMILES string of the molecule is CC(C)(C)[Si](C)(C)OC[C@H](COCc1ccccc1)c1ccnc2ccccc12. The number of hydrogen-bond acceptors (Lipinski definition) is 3. The zero-order valence-corrected chi connectivity index (χ0v) is 19.3. The van der Waals surface area contributed by atoms with E-state index in [9.17, 15) is 0 Å². The maximum atomic E-state index is 6.60. The van der Waals surface area contributed by atoms with E-state index in [0.29, 0.717) is 19.8 Å². The van der Waals surface area contributed by atoms with Crippen molar-refractivity contribution in [2.45, 2.75) is 51.4 Å². The number of ether oxygens (including phenoxy) is 1. The molecule has 0 aliphatic heterocycles. The Labute approximate surface area is 176 Å². The molecule has 0 saturated heterocycles. The van der Waals surface area contributed by atoms with Gasteiger partial charge in [0.2, 0.25) is 0 Å². The number of para-hydroxylation sites is 1. The van der Waals surface area contributed by atoms with Crippen LogP contribution >= 0.6 is 0 Å². The molecule has 3 nitrogen and oxygen atoms in total. The first-order valence-electron chi connectivity index (χ1n) is 10.4. The van der Waals surface area contributed by atoms with E-state index in [1.54, 1.807) is 0 Å². The van der Waals surface area contributed by atoms with Gasteiger partial charge in [-0.2, -0.15) is 0 Å². The van der Waals surface area contributed by atoms with Gasteiger partial charge in [-0.05, 0) is 41.4 Å². The molecule has 0 amide bonds. The van der Waals surface area contributed by atoms with Crippen LogP contribution in [0.15, 0.2) is 66.9 Å². The molecule has 3 aromatic rings. The largest absolute Gasteiger partial charge is 0.416 e. The molecule has 0 unspecified atom stereocenters. The molecule has 0 bridgehead atoms. The van der Waals surface area contributed by atoms with Crippen molar-refractivity contribution in [3.63, 3.8) is 0 Å². The van der Waals surface area contributed by atoms with E-state index in [-0.39, 0.29) is 11.0 Å². The van der Waals surface area contributed by atoms with Crippen LogP contribution in [0.5, 0.6) is 0 Å². The Morgan fingerprint density at radius 1 is 0.897 bits per heavy atom. The van der Waals surface area contributed by atoms with Crippen molar-refractivity contribution in [1.82, 2.24) is 4.98 Å². The zero-order valence-electron chi connectivity index (χ0n) is 18.3. The minimum atomic E-state index is -1.84. The van der Waals surface area contributed by atoms with E-state index in [0.717, 1.165) is 5.52 Å². The van der Waals surface area contributed by atoms with Crippen LogP contribution in [0.1, 0.15) is 37.8 Å². The third kappa shape index (κ3) is 5.53. The third-order valence-electron chi connectivity index (χ3n) is 6.00. The Balaban J connectivity index is 1.80. The number of pyridine rings is 1. The first-order chi connectivity index (χ1) is 13.8. The average molecular weight is 408 g/mol. The van der Waals surface area contributed by atoms with Crippen molar-refractivity contribution < 1.29 is 9.16 Å². The standard InChI is InChI=1S/C25H33NO2Si/c1-25(2,3)29(4,5)28-19-21(18-27-17-20-11-7-6-8-12-20)22-15-16-26-24-14-10-9-13-23(22)24/h6-16,21H,17-19H2,1-5H3/t21-/m0/s1. The maximum absolute atomic E-state index is 6.60. The summed E-state index contributed by atoms with van der Waals surface area (Å²) in [6.07, 6.45) is 1.90. The van der Waals surface area contributed by atoms with Gasteiger partial charge in [-0.3, -0.25) is 4.98 Å². The second kappa shape index (κ2) is 9.20. The molecule has 4 heteroatoms. The first kappa shape index (κ1) is 21.7. The van der Waals surface area contributed by atoms with Crippen LogP contribution in [0.2, 0.25) is 18.1 Å². The number of fused-ring (bicyclic) bond motifs is 1. The smallest absolute Gasteiger partial charge is 0.192 e. The lowest BCUT2D eigenvalue weighted by atomic mass is 9.97. The van der Waals surface area contributed by atoms with Crippen LogP contribution in [0.3, 0.4) is 0 Å². The molecular weight excluding hydrogens is 374 g/mol. The number of nitrogens with zero attached hydrogens (tertiary/aromatic N) is 1. The second-order valence-electron chi connectivity index (χ2n) is 9.19. The van der Waals surface area contributed by atoms with Gasteiger partial charge in [0.05, 0.1) is 18.7 Å². The van der Waals surface area contributed by atoms with Crippen LogP contribution in [-0.2, 0) is 15.8 Å². The molecule has 0 fully saturated rings. The van der Waals surface area contributed by atoms with Gasteiger partial charge in [0.1, 0.15) is 0 Å². The maximum Gasteiger partial charge on any atom is 0.192 e. The Morgan fingerprint density at radius 2 is 1.59 bits per heavy atom. The summed E-state index contributed by atoms with van der Waals surface area (Å²) in [7, 11) is -1.84. The van der Waals surface area contributed by atoms with Gasteiger partial charge >= 0.3 is 0 Å². The number of benzene rings is 2. The fourth-order valence-corrected chi connectivity index (χ4v) is 4.17. The fraction of sp³-hybridized carbons (Fsp3) is 0.400. The van der Waals surface area contributed by atoms with E-state index in [1.807, 2.05) is 30.5 Å². The van der Waals surface area contributed by atoms with E-state index in [2.05, 4.69) is 75.2 Å². The summed E-state index contributed by atoms with van der Waals surface area (Å²) in [5.74, 6) is 0.167. The zero-order chi connectivity index (χ0) is 20.9. The van der Waals surface area contributed by atoms with Gasteiger partial charge in [0, 0.05) is 24.1 Å². The summed E-state index contributed by atoms with van der Waals surface area (Å²) < 4.78 is 12.8. The molecule has 3 rings (SSSR count). The minimum Gasteiger partial charge on any atom is -0.416 e. The summed E-state index contributed by atoms with van der Waals surface area (Å²) >= 11 is 0. The van der Waals surface area contributed by atoms with Gasteiger partial charge in [-0.15, -0.1) is 0 Å². The van der Waals surface area contributed by atoms with Crippen molar-refractivity contribution in [3.05, 3.63) is 78.0 Å². The van der Waals surface area contributed by atoms with E-state index < -0.39 is 8.32 Å². The summed E-state index contributed by atoms with van der Waals surface area (Å²) in [5.41, 5.74) is 3.46. The summed E-state index contributed by atoms with van der Waals surface area (Å²) in [4.78, 5) is 4.53. The predicted molar refractivity (Wildman–Crippen MR) is 124 cm³/mol. The summed E-state index contributed by atoms with van der Waals surface area (Å²) in [5, 5.41) is 1.37. The van der Waals surface area contributed by atoms with Crippen molar-refractivity contribution in [2.75, 3.05) is 13.2 Å². The number of aromatic nitrogens is 1. The topological polar surface area (TPSA) is 31.4 Å². The number of hydrogen-bond donors (Lipinski definition) is 0. The third-order valence-corrected chi connectivity index (χ3v) is 10.5. The fourth-order valence-electron chi connectivity index (χ4n) is 3.12. The lowest BCUT2D eigenvalue weighted by Gasteiger charge is -2.37. The Hall–Kier alpha value is -2.01. The minimum absolute atomic E-state index is 0.167. The molecule has 0 radical (unpaired) electrons. The first-order valence-corrected chi connectivity index (χ1v) is 13.3. The highest BCUT2D eigenvalue weighted by molar-refractivity contribution is 6.74. The molecular formula is C25H33NO2Si. The van der Waals surface area contributed by atoms with Crippen LogP contribution < -0.4 is 0 Å². The summed E-state index contributed by atoms with van der Waals surface area (Å²) in [6, 6.07) is 20.8. The highest BCUT2D eigenvalue weighted by atomic mass is 28.4. The van der Waals surface area contributed by atoms with Gasteiger partial charge in [-0.1, -0.05) is 69.3 Å². The highest BCUT2D eigenvalue weighted by Crippen LogP contribution is 2.37. The van der Waals surface area contributed by atoms with Gasteiger partial charge < -0.3 is 9.16 Å². The van der Waals surface area contributed by atoms with Crippen LogP contribution in [0.4, 0.5) is 0 Å². The van der Waals surface area contributed by atoms with Crippen LogP contribution in [0.25, 0.3) is 10.9 Å². The Kier molecular flexibility index (Phi) is 6.88. The molecule has 0 saturated carbocycles. The lowest BCUT2D eigenvalue weighted by Crippen LogP contribution is -2.42. The van der Waals surface area contributed by atoms with Gasteiger partial charge in [-0.25, -0.2) is 0 Å². The molecule has 2 aromatic carbocycles. The Bertz CT molecular complexity index is 914. The van der Waals surface area contributed by atoms with E-state index >= 15 is 0 Å². The van der Waals surface area contributed by atoms with Crippen molar-refractivity contribution >= 4 is 19.2 Å².